The molecule has 0 unspecified atom stereocenters. The van der Waals surface area contributed by atoms with Gasteiger partial charge >= 0.3 is 6.18 Å². The van der Waals surface area contributed by atoms with Crippen LogP contribution in [0.25, 0.3) is 5.52 Å². The second kappa shape index (κ2) is 6.20. The van der Waals surface area contributed by atoms with Gasteiger partial charge in [0, 0.05) is 12.3 Å². The molecule has 26 heavy (non-hydrogen) atoms. The van der Waals surface area contributed by atoms with Gasteiger partial charge in [-0.1, -0.05) is 0 Å². The SMILES string of the molecule is O=S(=O)(Nc1cc(F)c(Br)cc1F)c1cnn2cc(C(F)(F)F)ccc12. The highest BCUT2D eigenvalue weighted by Gasteiger charge is 2.31. The predicted molar refractivity (Wildman–Crippen MR) is 85.1 cm³/mol. The zero-order chi connectivity index (χ0) is 19.3. The van der Waals surface area contributed by atoms with E-state index in [0.29, 0.717) is 18.3 Å². The summed E-state index contributed by atoms with van der Waals surface area (Å²) in [5.41, 5.74) is -1.84. The third kappa shape index (κ3) is 3.38. The largest absolute Gasteiger partial charge is 0.417 e. The average Bonchev–Trinajstić information content (AvgIpc) is 2.95. The highest BCUT2D eigenvalue weighted by Crippen LogP contribution is 2.31. The quantitative estimate of drug-likeness (QED) is 0.475. The molecule has 0 spiro atoms. The number of nitrogens with zero attached hydrogens (tertiary/aromatic N) is 2. The first-order valence-corrected chi connectivity index (χ1v) is 8.98. The summed E-state index contributed by atoms with van der Waals surface area (Å²) in [5, 5.41) is 3.58. The van der Waals surface area contributed by atoms with Crippen molar-refractivity contribution < 1.29 is 30.4 Å². The van der Waals surface area contributed by atoms with Crippen LogP contribution in [0.2, 0.25) is 0 Å². The van der Waals surface area contributed by atoms with Crippen molar-refractivity contribution in [2.45, 2.75) is 11.1 Å². The van der Waals surface area contributed by atoms with Gasteiger partial charge in [-0.25, -0.2) is 21.7 Å². The number of pyridine rings is 1. The van der Waals surface area contributed by atoms with Gasteiger partial charge in [0.15, 0.2) is 0 Å². The Morgan fingerprint density at radius 2 is 1.81 bits per heavy atom. The number of benzene rings is 1. The second-order valence-corrected chi connectivity index (χ2v) is 7.61. The molecule has 0 saturated heterocycles. The van der Waals surface area contributed by atoms with E-state index in [0.717, 1.165) is 22.8 Å². The van der Waals surface area contributed by atoms with E-state index < -0.39 is 44.0 Å². The Kier molecular flexibility index (Phi) is 4.43. The van der Waals surface area contributed by atoms with Crippen LogP contribution in [0.1, 0.15) is 5.56 Å². The summed E-state index contributed by atoms with van der Waals surface area (Å²) in [6.07, 6.45) is -3.20. The minimum atomic E-state index is -4.63. The average molecular weight is 456 g/mol. The van der Waals surface area contributed by atoms with Crippen molar-refractivity contribution in [1.29, 1.82) is 0 Å². The van der Waals surface area contributed by atoms with E-state index in [4.69, 9.17) is 0 Å². The molecule has 138 valence electrons. The van der Waals surface area contributed by atoms with Crippen molar-refractivity contribution in [2.24, 2.45) is 0 Å². The first kappa shape index (κ1) is 18.6. The van der Waals surface area contributed by atoms with Crippen molar-refractivity contribution in [3.05, 3.63) is 58.3 Å². The van der Waals surface area contributed by atoms with Gasteiger partial charge in [-0.05, 0) is 34.1 Å². The zero-order valence-corrected chi connectivity index (χ0v) is 14.8. The van der Waals surface area contributed by atoms with E-state index in [1.165, 1.54) is 0 Å². The molecular formula is C14H7BrF5N3O2S. The van der Waals surface area contributed by atoms with E-state index in [9.17, 15) is 30.4 Å². The minimum Gasteiger partial charge on any atom is -0.276 e. The Labute approximate surface area is 151 Å². The summed E-state index contributed by atoms with van der Waals surface area (Å²) in [6.45, 7) is 0. The number of hydrogen-bond acceptors (Lipinski definition) is 3. The molecule has 0 atom stereocenters. The van der Waals surface area contributed by atoms with Crippen LogP contribution in [0.4, 0.5) is 27.6 Å². The molecule has 3 rings (SSSR count). The minimum absolute atomic E-state index is 0.163. The van der Waals surface area contributed by atoms with Gasteiger partial charge in [-0.15, -0.1) is 0 Å². The van der Waals surface area contributed by atoms with Crippen LogP contribution in [0, 0.1) is 11.6 Å². The lowest BCUT2D eigenvalue weighted by atomic mass is 10.2. The van der Waals surface area contributed by atoms with Crippen LogP contribution in [0.3, 0.4) is 0 Å². The maximum Gasteiger partial charge on any atom is 0.417 e. The number of aromatic nitrogens is 2. The zero-order valence-electron chi connectivity index (χ0n) is 12.4. The maximum atomic E-state index is 13.8. The van der Waals surface area contributed by atoms with Crippen molar-refractivity contribution >= 4 is 37.2 Å². The molecule has 3 aromatic rings. The van der Waals surface area contributed by atoms with Crippen molar-refractivity contribution in [2.75, 3.05) is 4.72 Å². The molecule has 0 bridgehead atoms. The third-order valence-corrected chi connectivity index (χ3v) is 5.34. The maximum absolute atomic E-state index is 13.8. The van der Waals surface area contributed by atoms with E-state index in [1.54, 1.807) is 0 Å². The topological polar surface area (TPSA) is 63.5 Å². The summed E-state index contributed by atoms with van der Waals surface area (Å²) in [6, 6.07) is 2.97. The number of rotatable bonds is 3. The first-order valence-electron chi connectivity index (χ1n) is 6.71. The normalized spacial score (nSPS) is 12.5. The van der Waals surface area contributed by atoms with Crippen LogP contribution in [-0.2, 0) is 16.2 Å². The third-order valence-electron chi connectivity index (χ3n) is 3.35. The van der Waals surface area contributed by atoms with Gasteiger partial charge in [-0.2, -0.15) is 18.3 Å². The number of fused-ring (bicyclic) bond motifs is 1. The molecule has 5 nitrogen and oxygen atoms in total. The number of halogens is 6. The highest BCUT2D eigenvalue weighted by molar-refractivity contribution is 9.10. The summed E-state index contributed by atoms with van der Waals surface area (Å²) in [7, 11) is -4.43. The Bertz CT molecular complexity index is 1110. The molecule has 12 heteroatoms. The fourth-order valence-corrected chi connectivity index (χ4v) is 3.63. The van der Waals surface area contributed by atoms with E-state index >= 15 is 0 Å². The molecule has 0 amide bonds. The Hall–Kier alpha value is -2.21. The molecule has 0 saturated carbocycles. The smallest absolute Gasteiger partial charge is 0.276 e. The van der Waals surface area contributed by atoms with Crippen LogP contribution >= 0.6 is 15.9 Å². The van der Waals surface area contributed by atoms with Crippen LogP contribution in [-0.4, -0.2) is 18.0 Å². The molecular weight excluding hydrogens is 449 g/mol. The fourth-order valence-electron chi connectivity index (χ4n) is 2.14. The second-order valence-electron chi connectivity index (χ2n) is 5.11. The van der Waals surface area contributed by atoms with E-state index in [1.807, 2.05) is 4.72 Å². The number of sulfonamides is 1. The molecule has 0 aliphatic heterocycles. The van der Waals surface area contributed by atoms with Crippen LogP contribution < -0.4 is 4.72 Å². The molecule has 1 N–H and O–H groups in total. The monoisotopic (exact) mass is 455 g/mol. The number of nitrogens with one attached hydrogen (secondary N) is 1. The van der Waals surface area contributed by atoms with Gasteiger partial charge in [0.2, 0.25) is 0 Å². The lowest BCUT2D eigenvalue weighted by molar-refractivity contribution is -0.137. The van der Waals surface area contributed by atoms with Crippen LogP contribution in [0.5, 0.6) is 0 Å². The standard InChI is InChI=1S/C14H7BrF5N3O2S/c15-8-3-10(17)11(4-9(8)16)22-26(24,25)13-5-21-23-6-7(14(18,19)20)1-2-12(13)23/h1-6,22H. The van der Waals surface area contributed by atoms with Gasteiger partial charge in [0.1, 0.15) is 16.5 Å². The van der Waals surface area contributed by atoms with Gasteiger partial charge in [0.05, 0.1) is 27.4 Å². The molecule has 0 aliphatic carbocycles. The summed E-state index contributed by atoms with van der Waals surface area (Å²) >= 11 is 2.76. The predicted octanol–water partition coefficient (Wildman–Crippen LogP) is 4.19. The number of anilines is 1. The summed E-state index contributed by atoms with van der Waals surface area (Å²) < 4.78 is 92.7. The fraction of sp³-hybridized carbons (Fsp3) is 0.0714. The van der Waals surface area contributed by atoms with Crippen molar-refractivity contribution in [3.8, 4) is 0 Å². The molecule has 2 heterocycles. The van der Waals surface area contributed by atoms with E-state index in [-0.39, 0.29) is 9.99 Å². The lowest BCUT2D eigenvalue weighted by Gasteiger charge is -2.09. The van der Waals surface area contributed by atoms with Gasteiger partial charge in [-0.3, -0.25) is 4.72 Å². The Morgan fingerprint density at radius 3 is 2.46 bits per heavy atom. The van der Waals surface area contributed by atoms with Crippen molar-refractivity contribution in [1.82, 2.24) is 9.61 Å². The molecule has 2 aromatic heterocycles. The van der Waals surface area contributed by atoms with Gasteiger partial charge in [0.25, 0.3) is 10.0 Å². The first-order chi connectivity index (χ1) is 12.0. The summed E-state index contributed by atoms with van der Waals surface area (Å²) in [4.78, 5) is -0.492. The molecule has 0 aliphatic rings. The number of hydrogen-bond donors (Lipinski definition) is 1. The van der Waals surface area contributed by atoms with Gasteiger partial charge < -0.3 is 0 Å². The van der Waals surface area contributed by atoms with Crippen molar-refractivity contribution in [3.63, 3.8) is 0 Å². The molecule has 0 radical (unpaired) electrons. The molecule has 1 aromatic carbocycles. The Morgan fingerprint density at radius 1 is 1.12 bits per heavy atom. The molecule has 0 fully saturated rings. The Balaban J connectivity index is 2.04. The van der Waals surface area contributed by atoms with Crippen LogP contribution in [0.15, 0.2) is 46.0 Å². The lowest BCUT2D eigenvalue weighted by Crippen LogP contribution is -2.14. The number of alkyl halides is 3. The highest BCUT2D eigenvalue weighted by atomic mass is 79.9. The van der Waals surface area contributed by atoms with E-state index in [2.05, 4.69) is 21.0 Å². The summed E-state index contributed by atoms with van der Waals surface area (Å²) in [5.74, 6) is -1.95.